The maximum atomic E-state index is 12.2. The molecule has 1 aromatic rings. The molecule has 7 heteroatoms. The first-order valence-corrected chi connectivity index (χ1v) is 10.0. The topological polar surface area (TPSA) is 70.7 Å². The van der Waals surface area contributed by atoms with Gasteiger partial charge in [-0.3, -0.25) is 4.79 Å². The van der Waals surface area contributed by atoms with Gasteiger partial charge in [0.1, 0.15) is 0 Å². The van der Waals surface area contributed by atoms with E-state index in [9.17, 15) is 9.59 Å². The first-order valence-electron chi connectivity index (χ1n) is 9.13. The molecular weight excluding hydrogens is 338 g/mol. The van der Waals surface area contributed by atoms with Gasteiger partial charge >= 0.3 is 6.03 Å². The van der Waals surface area contributed by atoms with Crippen LogP contribution >= 0.6 is 11.3 Å². The van der Waals surface area contributed by atoms with E-state index in [2.05, 4.69) is 17.6 Å². The van der Waals surface area contributed by atoms with Gasteiger partial charge in [-0.25, -0.2) is 4.79 Å². The summed E-state index contributed by atoms with van der Waals surface area (Å²) in [6, 6.07) is 3.80. The van der Waals surface area contributed by atoms with E-state index >= 15 is 0 Å². The van der Waals surface area contributed by atoms with Crippen molar-refractivity contribution in [1.29, 1.82) is 0 Å². The minimum atomic E-state index is -0.187. The van der Waals surface area contributed by atoms with Gasteiger partial charge in [-0.05, 0) is 37.1 Å². The number of ether oxygens (including phenoxy) is 1. The van der Waals surface area contributed by atoms with Crippen LogP contribution in [0.4, 0.5) is 4.79 Å². The molecule has 138 valence electrons. The van der Waals surface area contributed by atoms with E-state index in [-0.39, 0.29) is 23.6 Å². The Labute approximate surface area is 152 Å². The maximum absolute atomic E-state index is 12.2. The summed E-state index contributed by atoms with van der Waals surface area (Å²) < 4.78 is 6.07. The van der Waals surface area contributed by atoms with E-state index in [1.54, 1.807) is 0 Å². The zero-order valence-corrected chi connectivity index (χ0v) is 15.6. The number of thiophene rings is 1. The molecule has 2 N–H and O–H groups in total. The summed E-state index contributed by atoms with van der Waals surface area (Å²) in [5.41, 5.74) is -0.187. The fourth-order valence-corrected chi connectivity index (χ4v) is 4.18. The van der Waals surface area contributed by atoms with Gasteiger partial charge < -0.3 is 20.3 Å². The fourth-order valence-electron chi connectivity index (χ4n) is 3.55. The Kier molecular flexibility index (Phi) is 5.96. The van der Waals surface area contributed by atoms with E-state index in [4.69, 9.17) is 4.74 Å². The van der Waals surface area contributed by atoms with Crippen molar-refractivity contribution in [3.8, 4) is 0 Å². The summed E-state index contributed by atoms with van der Waals surface area (Å²) in [6.45, 7) is 4.83. The lowest BCUT2D eigenvalue weighted by molar-refractivity contribution is -0.0363. The number of hydrogen-bond acceptors (Lipinski definition) is 4. The zero-order chi connectivity index (χ0) is 17.7. The lowest BCUT2D eigenvalue weighted by atomic mass is 9.87. The molecular formula is C18H27N3O3S. The van der Waals surface area contributed by atoms with Crippen LogP contribution in [0.2, 0.25) is 0 Å². The third-order valence-corrected chi connectivity index (χ3v) is 5.93. The lowest BCUT2D eigenvalue weighted by Gasteiger charge is -2.38. The van der Waals surface area contributed by atoms with Crippen molar-refractivity contribution in [3.05, 3.63) is 22.4 Å². The SMILES string of the molecule is CCCCNC(=O)N1CCC2(CC1)CC(NC(=O)c1cccs1)CO2. The molecule has 0 bridgehead atoms. The summed E-state index contributed by atoms with van der Waals surface area (Å²) in [5, 5.41) is 7.95. The monoisotopic (exact) mass is 365 g/mol. The summed E-state index contributed by atoms with van der Waals surface area (Å²) in [5.74, 6) is -0.0200. The molecule has 0 saturated carbocycles. The van der Waals surface area contributed by atoms with E-state index in [1.165, 1.54) is 11.3 Å². The number of carbonyl (C=O) groups is 2. The molecule has 1 aromatic heterocycles. The van der Waals surface area contributed by atoms with Gasteiger partial charge in [0.25, 0.3) is 5.91 Å². The molecule has 1 unspecified atom stereocenters. The quantitative estimate of drug-likeness (QED) is 0.788. The third-order valence-electron chi connectivity index (χ3n) is 5.06. The highest BCUT2D eigenvalue weighted by Gasteiger charge is 2.43. The minimum Gasteiger partial charge on any atom is -0.373 e. The highest BCUT2D eigenvalue weighted by molar-refractivity contribution is 7.12. The number of nitrogens with zero attached hydrogens (tertiary/aromatic N) is 1. The predicted octanol–water partition coefficient (Wildman–Crippen LogP) is 2.61. The second-order valence-corrected chi connectivity index (χ2v) is 7.87. The minimum absolute atomic E-state index is 0.0200. The number of unbranched alkanes of at least 4 members (excludes halogenated alkanes) is 1. The average molecular weight is 365 g/mol. The van der Waals surface area contributed by atoms with Crippen molar-refractivity contribution >= 4 is 23.3 Å². The Morgan fingerprint density at radius 2 is 2.20 bits per heavy atom. The molecule has 6 nitrogen and oxygen atoms in total. The maximum Gasteiger partial charge on any atom is 0.317 e. The molecule has 3 rings (SSSR count). The normalized spacial score (nSPS) is 22.1. The van der Waals surface area contributed by atoms with Crippen LogP contribution in [0.15, 0.2) is 17.5 Å². The number of nitrogens with one attached hydrogen (secondary N) is 2. The van der Waals surface area contributed by atoms with Gasteiger partial charge in [0.2, 0.25) is 0 Å². The van der Waals surface area contributed by atoms with Crippen molar-refractivity contribution in [2.45, 2.75) is 50.7 Å². The van der Waals surface area contributed by atoms with E-state index in [0.29, 0.717) is 19.7 Å². The van der Waals surface area contributed by atoms with Crippen LogP contribution < -0.4 is 10.6 Å². The van der Waals surface area contributed by atoms with Crippen LogP contribution in [-0.2, 0) is 4.74 Å². The molecule has 2 saturated heterocycles. The Bertz CT molecular complexity index is 582. The van der Waals surface area contributed by atoms with Gasteiger partial charge in [-0.2, -0.15) is 0 Å². The van der Waals surface area contributed by atoms with Crippen LogP contribution in [0, 0.1) is 0 Å². The van der Waals surface area contributed by atoms with Gasteiger partial charge in [0.15, 0.2) is 0 Å². The smallest absolute Gasteiger partial charge is 0.317 e. The largest absolute Gasteiger partial charge is 0.373 e. The lowest BCUT2D eigenvalue weighted by Crippen LogP contribution is -2.50. The van der Waals surface area contributed by atoms with E-state index in [0.717, 1.165) is 43.5 Å². The van der Waals surface area contributed by atoms with Crippen LogP contribution in [-0.4, -0.2) is 54.7 Å². The van der Waals surface area contributed by atoms with Gasteiger partial charge in [0.05, 0.1) is 23.1 Å². The number of hydrogen-bond donors (Lipinski definition) is 2. The Hall–Kier alpha value is -1.60. The standard InChI is InChI=1S/C18H27N3O3S/c1-2-3-8-19-17(23)21-9-6-18(7-10-21)12-14(13-24-18)20-16(22)15-5-4-11-25-15/h4-5,11,14H,2-3,6-10,12-13H2,1H3,(H,19,23)(H,20,22). The van der Waals surface area contributed by atoms with Crippen LogP contribution in [0.5, 0.6) is 0 Å². The second-order valence-electron chi connectivity index (χ2n) is 6.92. The number of likely N-dealkylation sites (tertiary alicyclic amines) is 1. The molecule has 2 aliphatic heterocycles. The second kappa shape index (κ2) is 8.19. The number of carbonyl (C=O) groups excluding carboxylic acids is 2. The average Bonchev–Trinajstić information content (AvgIpc) is 3.27. The fraction of sp³-hybridized carbons (Fsp3) is 0.667. The predicted molar refractivity (Wildman–Crippen MR) is 98.0 cm³/mol. The molecule has 25 heavy (non-hydrogen) atoms. The van der Waals surface area contributed by atoms with Crippen molar-refractivity contribution < 1.29 is 14.3 Å². The van der Waals surface area contributed by atoms with Crippen LogP contribution in [0.25, 0.3) is 0 Å². The number of rotatable bonds is 5. The Balaban J connectivity index is 1.44. The molecule has 2 aliphatic rings. The zero-order valence-electron chi connectivity index (χ0n) is 14.8. The third kappa shape index (κ3) is 4.52. The van der Waals surface area contributed by atoms with Gasteiger partial charge in [-0.1, -0.05) is 19.4 Å². The first kappa shape index (κ1) is 18.2. The summed E-state index contributed by atoms with van der Waals surface area (Å²) in [7, 11) is 0. The number of piperidine rings is 1. The molecule has 1 atom stereocenters. The molecule has 1 spiro atoms. The van der Waals surface area contributed by atoms with Crippen LogP contribution in [0.3, 0.4) is 0 Å². The van der Waals surface area contributed by atoms with Crippen molar-refractivity contribution in [2.24, 2.45) is 0 Å². The van der Waals surface area contributed by atoms with Crippen molar-refractivity contribution in [3.63, 3.8) is 0 Å². The summed E-state index contributed by atoms with van der Waals surface area (Å²) >= 11 is 1.45. The first-order chi connectivity index (χ1) is 12.1. The number of urea groups is 1. The van der Waals surface area contributed by atoms with Gasteiger partial charge in [0, 0.05) is 19.6 Å². The van der Waals surface area contributed by atoms with E-state index < -0.39 is 0 Å². The Morgan fingerprint density at radius 3 is 2.88 bits per heavy atom. The highest BCUT2D eigenvalue weighted by Crippen LogP contribution is 2.36. The summed E-state index contributed by atoms with van der Waals surface area (Å²) in [4.78, 5) is 26.9. The molecule has 2 fully saturated rings. The van der Waals surface area contributed by atoms with Crippen LogP contribution in [0.1, 0.15) is 48.7 Å². The molecule has 0 aliphatic carbocycles. The highest BCUT2D eigenvalue weighted by atomic mass is 32.1. The summed E-state index contributed by atoms with van der Waals surface area (Å²) in [6.07, 6.45) is 4.59. The van der Waals surface area contributed by atoms with E-state index in [1.807, 2.05) is 22.4 Å². The van der Waals surface area contributed by atoms with Crippen molar-refractivity contribution in [1.82, 2.24) is 15.5 Å². The molecule has 0 radical (unpaired) electrons. The molecule has 0 aromatic carbocycles. The van der Waals surface area contributed by atoms with Gasteiger partial charge in [-0.15, -0.1) is 11.3 Å². The Morgan fingerprint density at radius 1 is 1.40 bits per heavy atom. The van der Waals surface area contributed by atoms with Crippen molar-refractivity contribution in [2.75, 3.05) is 26.2 Å². The molecule has 3 heterocycles. The number of amides is 3. The molecule has 3 amide bonds.